The molecule has 15 heavy (non-hydrogen) atoms. The minimum atomic E-state index is 0. The first-order valence-electron chi connectivity index (χ1n) is 5.09. The number of hydrogen-bond acceptors (Lipinski definition) is 1. The molecule has 1 aliphatic rings. The van der Waals surface area contributed by atoms with Gasteiger partial charge in [-0.3, -0.25) is 0 Å². The van der Waals surface area contributed by atoms with Gasteiger partial charge in [-0.05, 0) is 22.8 Å². The van der Waals surface area contributed by atoms with E-state index < -0.39 is 0 Å². The molecule has 0 amide bonds. The van der Waals surface area contributed by atoms with Crippen LogP contribution in [0.5, 0.6) is 0 Å². The molecule has 2 N–H and O–H groups in total. The molecule has 1 fully saturated rings. The number of hydrogen-bond donors (Lipinski definition) is 1. The molecule has 3 rings (SSSR count). The van der Waals surface area contributed by atoms with E-state index in [1.807, 2.05) is 0 Å². The molecule has 0 aromatic heterocycles. The maximum Gasteiger partial charge on any atom is 0.0115 e. The lowest BCUT2D eigenvalue weighted by Crippen LogP contribution is -2.01. The Labute approximate surface area is 95.7 Å². The first kappa shape index (κ1) is 10.5. The van der Waals surface area contributed by atoms with Gasteiger partial charge in [0.05, 0.1) is 0 Å². The van der Waals surface area contributed by atoms with Crippen LogP contribution in [0.4, 0.5) is 0 Å². The van der Waals surface area contributed by atoms with Gasteiger partial charge in [0.15, 0.2) is 0 Å². The Balaban J connectivity index is 0.000000853. The first-order chi connectivity index (χ1) is 6.86. The average Bonchev–Trinajstić information content (AvgIpc) is 2.95. The fraction of sp³-hybridized carbons (Fsp3) is 0.231. The monoisotopic (exact) mass is 219 g/mol. The summed E-state index contributed by atoms with van der Waals surface area (Å²) in [6.45, 7) is 0. The molecule has 0 unspecified atom stereocenters. The highest BCUT2D eigenvalue weighted by molar-refractivity contribution is 5.86. The molecule has 0 bridgehead atoms. The van der Waals surface area contributed by atoms with Gasteiger partial charge in [0.1, 0.15) is 0 Å². The SMILES string of the molecule is Cl.N[C@@H]1C[C@H]1c1cccc2ccccc12. The van der Waals surface area contributed by atoms with Crippen LogP contribution in [-0.4, -0.2) is 6.04 Å². The summed E-state index contributed by atoms with van der Waals surface area (Å²) in [6, 6.07) is 15.4. The second-order valence-corrected chi connectivity index (χ2v) is 4.07. The Hall–Kier alpha value is -1.05. The average molecular weight is 220 g/mol. The first-order valence-corrected chi connectivity index (χ1v) is 5.09. The van der Waals surface area contributed by atoms with Crippen molar-refractivity contribution in [2.24, 2.45) is 5.73 Å². The van der Waals surface area contributed by atoms with E-state index in [0.717, 1.165) is 6.42 Å². The van der Waals surface area contributed by atoms with Crippen molar-refractivity contribution < 1.29 is 0 Å². The van der Waals surface area contributed by atoms with Gasteiger partial charge in [0, 0.05) is 12.0 Å². The molecule has 2 atom stereocenters. The van der Waals surface area contributed by atoms with Crippen molar-refractivity contribution in [2.75, 3.05) is 0 Å². The largest absolute Gasteiger partial charge is 0.327 e. The highest BCUT2D eigenvalue weighted by Gasteiger charge is 2.35. The van der Waals surface area contributed by atoms with Crippen LogP contribution in [0.25, 0.3) is 10.8 Å². The smallest absolute Gasteiger partial charge is 0.0115 e. The minimum Gasteiger partial charge on any atom is -0.327 e. The fourth-order valence-electron chi connectivity index (χ4n) is 2.15. The third kappa shape index (κ3) is 1.73. The zero-order chi connectivity index (χ0) is 9.54. The highest BCUT2D eigenvalue weighted by Crippen LogP contribution is 2.41. The molecule has 2 heteroatoms. The molecule has 0 aliphatic heterocycles. The van der Waals surface area contributed by atoms with E-state index in [9.17, 15) is 0 Å². The van der Waals surface area contributed by atoms with Crippen LogP contribution in [0, 0.1) is 0 Å². The Morgan fingerprint density at radius 1 is 1.00 bits per heavy atom. The highest BCUT2D eigenvalue weighted by atomic mass is 35.5. The van der Waals surface area contributed by atoms with E-state index in [1.165, 1.54) is 16.3 Å². The Bertz CT molecular complexity index is 475. The van der Waals surface area contributed by atoms with E-state index in [1.54, 1.807) is 0 Å². The predicted octanol–water partition coefficient (Wildman–Crippen LogP) is 3.08. The van der Waals surface area contributed by atoms with E-state index in [2.05, 4.69) is 42.5 Å². The standard InChI is InChI=1S/C13H13N.ClH/c14-13-8-12(13)11-7-3-5-9-4-1-2-6-10(9)11;/h1-7,12-13H,8,14H2;1H/t12-,13+;/m0./s1. The molecule has 1 nitrogen and oxygen atoms in total. The van der Waals surface area contributed by atoms with Gasteiger partial charge >= 0.3 is 0 Å². The Kier molecular flexibility index (Phi) is 2.68. The molecule has 0 radical (unpaired) electrons. The molecule has 0 saturated heterocycles. The molecule has 0 spiro atoms. The summed E-state index contributed by atoms with van der Waals surface area (Å²) in [4.78, 5) is 0. The third-order valence-corrected chi connectivity index (χ3v) is 3.06. The zero-order valence-corrected chi connectivity index (χ0v) is 9.21. The molecule has 1 aliphatic carbocycles. The van der Waals surface area contributed by atoms with Crippen molar-refractivity contribution in [3.63, 3.8) is 0 Å². The summed E-state index contributed by atoms with van der Waals surface area (Å²) in [5.74, 6) is 0.598. The van der Waals surface area contributed by atoms with Crippen LogP contribution in [0.15, 0.2) is 42.5 Å². The van der Waals surface area contributed by atoms with Crippen molar-refractivity contribution in [1.82, 2.24) is 0 Å². The number of fused-ring (bicyclic) bond motifs is 1. The van der Waals surface area contributed by atoms with E-state index in [0.29, 0.717) is 12.0 Å². The quantitative estimate of drug-likeness (QED) is 0.784. The number of halogens is 1. The third-order valence-electron chi connectivity index (χ3n) is 3.06. The summed E-state index contributed by atoms with van der Waals surface area (Å²) < 4.78 is 0. The van der Waals surface area contributed by atoms with Crippen LogP contribution in [-0.2, 0) is 0 Å². The van der Waals surface area contributed by atoms with Gasteiger partial charge in [0.25, 0.3) is 0 Å². The van der Waals surface area contributed by atoms with Crippen molar-refractivity contribution in [3.05, 3.63) is 48.0 Å². The van der Waals surface area contributed by atoms with Gasteiger partial charge in [-0.1, -0.05) is 42.5 Å². The Morgan fingerprint density at radius 3 is 2.40 bits per heavy atom. The van der Waals surface area contributed by atoms with Gasteiger partial charge in [-0.15, -0.1) is 12.4 Å². The maximum atomic E-state index is 5.89. The summed E-state index contributed by atoms with van der Waals surface area (Å²) in [5, 5.41) is 2.69. The van der Waals surface area contributed by atoms with Crippen molar-refractivity contribution in [3.8, 4) is 0 Å². The lowest BCUT2D eigenvalue weighted by molar-refractivity contribution is 0.998. The van der Waals surface area contributed by atoms with E-state index >= 15 is 0 Å². The molecular weight excluding hydrogens is 206 g/mol. The number of benzene rings is 2. The van der Waals surface area contributed by atoms with Crippen molar-refractivity contribution in [1.29, 1.82) is 0 Å². The predicted molar refractivity (Wildman–Crippen MR) is 66.5 cm³/mol. The normalized spacial score (nSPS) is 23.5. The molecule has 2 aromatic carbocycles. The van der Waals surface area contributed by atoms with Gasteiger partial charge < -0.3 is 5.73 Å². The fourth-order valence-corrected chi connectivity index (χ4v) is 2.15. The Morgan fingerprint density at radius 2 is 1.67 bits per heavy atom. The molecule has 78 valence electrons. The van der Waals surface area contributed by atoms with Crippen LogP contribution < -0.4 is 5.73 Å². The summed E-state index contributed by atoms with van der Waals surface area (Å²) in [7, 11) is 0. The van der Waals surface area contributed by atoms with Gasteiger partial charge in [-0.25, -0.2) is 0 Å². The lowest BCUT2D eigenvalue weighted by atomic mass is 10.0. The topological polar surface area (TPSA) is 26.0 Å². The van der Waals surface area contributed by atoms with Crippen molar-refractivity contribution >= 4 is 23.2 Å². The maximum absolute atomic E-state index is 5.89. The van der Waals surface area contributed by atoms with Crippen molar-refractivity contribution in [2.45, 2.75) is 18.4 Å². The van der Waals surface area contributed by atoms with E-state index in [-0.39, 0.29) is 12.4 Å². The van der Waals surface area contributed by atoms with Crippen LogP contribution in [0.1, 0.15) is 17.9 Å². The lowest BCUT2D eigenvalue weighted by Gasteiger charge is -2.04. The molecule has 0 heterocycles. The van der Waals surface area contributed by atoms with E-state index in [4.69, 9.17) is 5.73 Å². The van der Waals surface area contributed by atoms with Crippen LogP contribution in [0.2, 0.25) is 0 Å². The second-order valence-electron chi connectivity index (χ2n) is 4.07. The minimum absolute atomic E-state index is 0. The number of rotatable bonds is 1. The summed E-state index contributed by atoms with van der Waals surface area (Å²) in [5.41, 5.74) is 7.32. The second kappa shape index (κ2) is 3.84. The van der Waals surface area contributed by atoms with Crippen LogP contribution >= 0.6 is 12.4 Å². The molecule has 1 saturated carbocycles. The molecule has 2 aromatic rings. The van der Waals surface area contributed by atoms with Gasteiger partial charge in [-0.2, -0.15) is 0 Å². The zero-order valence-electron chi connectivity index (χ0n) is 8.39. The number of nitrogens with two attached hydrogens (primary N) is 1. The van der Waals surface area contributed by atoms with Gasteiger partial charge in [0.2, 0.25) is 0 Å². The molecular formula is C13H14ClN. The van der Waals surface area contributed by atoms with Crippen LogP contribution in [0.3, 0.4) is 0 Å². The summed E-state index contributed by atoms with van der Waals surface area (Å²) in [6.07, 6.45) is 1.15. The summed E-state index contributed by atoms with van der Waals surface area (Å²) >= 11 is 0.